The van der Waals surface area contributed by atoms with Gasteiger partial charge in [-0.3, -0.25) is 14.4 Å². The molecule has 0 saturated heterocycles. The van der Waals surface area contributed by atoms with E-state index in [-0.39, 0.29) is 31.1 Å². The van der Waals surface area contributed by atoms with Crippen LogP contribution in [0.5, 0.6) is 0 Å². The van der Waals surface area contributed by atoms with Crippen LogP contribution in [0.15, 0.2) is 72.9 Å². The third kappa shape index (κ3) is 67.6. The molecule has 1 atom stereocenters. The number of carbonyl (C=O) groups is 3. The Morgan fingerprint density at radius 3 is 0.756 bits per heavy atom. The van der Waals surface area contributed by atoms with Gasteiger partial charge >= 0.3 is 17.9 Å². The van der Waals surface area contributed by atoms with E-state index in [1.807, 2.05) is 0 Å². The van der Waals surface area contributed by atoms with Crippen molar-refractivity contribution >= 4 is 17.9 Å². The summed E-state index contributed by atoms with van der Waals surface area (Å²) >= 11 is 0. The predicted octanol–water partition coefficient (Wildman–Crippen LogP) is 24.8. The van der Waals surface area contributed by atoms with E-state index in [2.05, 4.69) is 93.7 Å². The fraction of sp³-hybridized carbons (Fsp3) is 0.803. The molecule has 0 amide bonds. The molecule has 0 aliphatic carbocycles. The molecule has 1 unspecified atom stereocenters. The van der Waals surface area contributed by atoms with Crippen LogP contribution in [0.2, 0.25) is 0 Å². The molecule has 0 N–H and O–H groups in total. The first-order valence-electron chi connectivity index (χ1n) is 35.9. The van der Waals surface area contributed by atoms with Crippen LogP contribution in [0.4, 0.5) is 0 Å². The monoisotopic (exact) mass is 1150 g/mol. The SMILES string of the molecule is CC/C=C\C/C=C\C/C=C\C/C=C\C/C=C\CCCCCCCCCCCCCC(=O)OCC(COC(=O)CCCCCCCCCCCCCC)OC(=O)CCCCCCCCCCCCCCC/C=C\CCCCCCCCCC. The number of carbonyl (C=O) groups excluding carboxylic acids is 3. The van der Waals surface area contributed by atoms with Crippen LogP contribution in [0.3, 0.4) is 0 Å². The van der Waals surface area contributed by atoms with Crippen LogP contribution in [0.1, 0.15) is 374 Å². The number of rotatable bonds is 66. The van der Waals surface area contributed by atoms with E-state index in [1.165, 1.54) is 244 Å². The minimum Gasteiger partial charge on any atom is -0.462 e. The van der Waals surface area contributed by atoms with Crippen molar-refractivity contribution in [3.8, 4) is 0 Å². The largest absolute Gasteiger partial charge is 0.462 e. The van der Waals surface area contributed by atoms with Gasteiger partial charge in [0.1, 0.15) is 13.2 Å². The van der Waals surface area contributed by atoms with Crippen molar-refractivity contribution in [3.63, 3.8) is 0 Å². The number of esters is 3. The number of unbranched alkanes of at least 4 members (excludes halogenated alkanes) is 43. The Morgan fingerprint density at radius 2 is 0.476 bits per heavy atom. The Balaban J connectivity index is 4.23. The molecule has 476 valence electrons. The Morgan fingerprint density at radius 1 is 0.256 bits per heavy atom. The molecular weight excluding hydrogens is 1010 g/mol. The smallest absolute Gasteiger partial charge is 0.306 e. The van der Waals surface area contributed by atoms with Gasteiger partial charge in [0.15, 0.2) is 6.10 Å². The predicted molar refractivity (Wildman–Crippen MR) is 358 cm³/mol. The highest BCUT2D eigenvalue weighted by Gasteiger charge is 2.19. The van der Waals surface area contributed by atoms with E-state index in [0.29, 0.717) is 19.3 Å². The van der Waals surface area contributed by atoms with Crippen LogP contribution in [-0.2, 0) is 28.6 Å². The number of ether oxygens (including phenoxy) is 3. The number of allylic oxidation sites excluding steroid dienone is 12. The molecule has 0 saturated carbocycles. The van der Waals surface area contributed by atoms with Crippen LogP contribution in [0.25, 0.3) is 0 Å². The second-order valence-corrected chi connectivity index (χ2v) is 24.1. The summed E-state index contributed by atoms with van der Waals surface area (Å²) in [6.07, 6.45) is 92.2. The van der Waals surface area contributed by atoms with Crippen LogP contribution in [0, 0.1) is 0 Å². The van der Waals surface area contributed by atoms with Gasteiger partial charge in [-0.2, -0.15) is 0 Å². The number of hydrogen-bond acceptors (Lipinski definition) is 6. The Hall–Kier alpha value is -3.15. The summed E-state index contributed by atoms with van der Waals surface area (Å²) < 4.78 is 17.0. The first-order chi connectivity index (χ1) is 40.5. The van der Waals surface area contributed by atoms with Gasteiger partial charge in [-0.05, 0) is 89.9 Å². The van der Waals surface area contributed by atoms with Crippen molar-refractivity contribution in [2.75, 3.05) is 13.2 Å². The first kappa shape index (κ1) is 78.8. The van der Waals surface area contributed by atoms with Gasteiger partial charge in [0, 0.05) is 19.3 Å². The van der Waals surface area contributed by atoms with Crippen molar-refractivity contribution in [1.29, 1.82) is 0 Å². The second kappa shape index (κ2) is 70.3. The lowest BCUT2D eigenvalue weighted by Crippen LogP contribution is -2.30. The van der Waals surface area contributed by atoms with Crippen molar-refractivity contribution in [3.05, 3.63) is 72.9 Å². The summed E-state index contributed by atoms with van der Waals surface area (Å²) in [5, 5.41) is 0. The van der Waals surface area contributed by atoms with Gasteiger partial charge in [0.05, 0.1) is 0 Å². The molecule has 0 rings (SSSR count). The normalized spacial score (nSPS) is 12.5. The van der Waals surface area contributed by atoms with Crippen molar-refractivity contribution in [2.45, 2.75) is 380 Å². The lowest BCUT2D eigenvalue weighted by atomic mass is 10.0. The topological polar surface area (TPSA) is 78.9 Å². The molecule has 6 heteroatoms. The highest BCUT2D eigenvalue weighted by molar-refractivity contribution is 5.71. The summed E-state index contributed by atoms with van der Waals surface area (Å²) in [6.45, 7) is 6.58. The zero-order valence-electron chi connectivity index (χ0n) is 54.8. The first-order valence-corrected chi connectivity index (χ1v) is 35.9. The van der Waals surface area contributed by atoms with E-state index in [1.54, 1.807) is 0 Å². The quantitative estimate of drug-likeness (QED) is 0.0261. The molecule has 0 aliphatic heterocycles. The van der Waals surface area contributed by atoms with Gasteiger partial charge in [-0.25, -0.2) is 0 Å². The summed E-state index contributed by atoms with van der Waals surface area (Å²) in [5.74, 6) is -0.852. The Bertz CT molecular complexity index is 1500. The standard InChI is InChI=1S/C76H136O6/c1-4-7-10-13-16-19-22-25-27-29-31-33-35-37-38-40-41-43-45-47-49-51-54-57-60-63-66-69-75(78)81-72-73(71-80-74(77)68-65-62-59-56-53-24-21-18-15-12-9-6-3)82-76(79)70-67-64-61-58-55-52-50-48-46-44-42-39-36-34-32-30-28-26-23-20-17-14-11-8-5-2/h7,10,16,19,25,27,30-33,37-38,73H,4-6,8-9,11-15,17-18,20-24,26,28-29,34-36,39-72H2,1-3H3/b10-7-,19-16-,27-25-,32-30-,33-31-,38-37-. The Kier molecular flexibility index (Phi) is 67.6. The lowest BCUT2D eigenvalue weighted by Gasteiger charge is -2.18. The van der Waals surface area contributed by atoms with Crippen LogP contribution in [-0.4, -0.2) is 37.2 Å². The summed E-state index contributed by atoms with van der Waals surface area (Å²) in [7, 11) is 0. The maximum atomic E-state index is 13.0. The third-order valence-corrected chi connectivity index (χ3v) is 15.9. The van der Waals surface area contributed by atoms with Gasteiger partial charge in [0.2, 0.25) is 0 Å². The fourth-order valence-corrected chi connectivity index (χ4v) is 10.6. The summed E-state index contributed by atoms with van der Waals surface area (Å²) in [5.41, 5.74) is 0. The molecule has 0 aromatic rings. The number of hydrogen-bond donors (Lipinski definition) is 0. The van der Waals surface area contributed by atoms with Gasteiger partial charge in [-0.15, -0.1) is 0 Å². The molecule has 0 spiro atoms. The molecule has 0 aromatic heterocycles. The molecule has 0 radical (unpaired) electrons. The fourth-order valence-electron chi connectivity index (χ4n) is 10.6. The average molecular weight is 1150 g/mol. The molecule has 82 heavy (non-hydrogen) atoms. The molecular formula is C76H136O6. The van der Waals surface area contributed by atoms with E-state index in [0.717, 1.165) is 89.9 Å². The van der Waals surface area contributed by atoms with E-state index >= 15 is 0 Å². The molecule has 0 aromatic carbocycles. The Labute approximate surface area is 510 Å². The highest BCUT2D eigenvalue weighted by atomic mass is 16.6. The second-order valence-electron chi connectivity index (χ2n) is 24.1. The van der Waals surface area contributed by atoms with Gasteiger partial charge < -0.3 is 14.2 Å². The molecule has 6 nitrogen and oxygen atoms in total. The van der Waals surface area contributed by atoms with Crippen LogP contribution >= 0.6 is 0 Å². The zero-order chi connectivity index (χ0) is 59.2. The van der Waals surface area contributed by atoms with Crippen molar-refractivity contribution < 1.29 is 28.6 Å². The van der Waals surface area contributed by atoms with Crippen molar-refractivity contribution in [1.82, 2.24) is 0 Å². The summed E-state index contributed by atoms with van der Waals surface area (Å²) in [6, 6.07) is 0. The maximum absolute atomic E-state index is 13.0. The lowest BCUT2D eigenvalue weighted by molar-refractivity contribution is -0.167. The minimum atomic E-state index is -0.775. The highest BCUT2D eigenvalue weighted by Crippen LogP contribution is 2.18. The molecule has 0 aliphatic rings. The average Bonchev–Trinajstić information content (AvgIpc) is 3.47. The minimum absolute atomic E-state index is 0.0711. The van der Waals surface area contributed by atoms with Gasteiger partial charge in [0.25, 0.3) is 0 Å². The molecule has 0 fully saturated rings. The van der Waals surface area contributed by atoms with E-state index < -0.39 is 6.10 Å². The van der Waals surface area contributed by atoms with Crippen molar-refractivity contribution in [2.24, 2.45) is 0 Å². The third-order valence-electron chi connectivity index (χ3n) is 15.9. The zero-order valence-corrected chi connectivity index (χ0v) is 54.8. The molecule has 0 heterocycles. The molecule has 0 bridgehead atoms. The van der Waals surface area contributed by atoms with E-state index in [9.17, 15) is 14.4 Å². The van der Waals surface area contributed by atoms with Gasteiger partial charge in [-0.1, -0.05) is 338 Å². The maximum Gasteiger partial charge on any atom is 0.306 e. The van der Waals surface area contributed by atoms with Crippen LogP contribution < -0.4 is 0 Å². The summed E-state index contributed by atoms with van der Waals surface area (Å²) in [4.78, 5) is 38.4. The van der Waals surface area contributed by atoms with E-state index in [4.69, 9.17) is 14.2 Å².